The van der Waals surface area contributed by atoms with E-state index < -0.39 is 0 Å². The number of carbonyl (C=O) groups is 2. The second-order valence-electron chi connectivity index (χ2n) is 8.61. The zero-order chi connectivity index (χ0) is 21.6. The minimum atomic E-state index is -0.270. The molecule has 164 valence electrons. The van der Waals surface area contributed by atoms with Crippen molar-refractivity contribution in [3.8, 4) is 0 Å². The van der Waals surface area contributed by atoms with Gasteiger partial charge in [-0.2, -0.15) is 0 Å². The molecule has 2 amide bonds. The monoisotopic (exact) mass is 420 g/mol. The molecule has 2 atom stereocenters. The number of amides is 2. The van der Waals surface area contributed by atoms with Gasteiger partial charge >= 0.3 is 0 Å². The Morgan fingerprint density at radius 1 is 1.00 bits per heavy atom. The summed E-state index contributed by atoms with van der Waals surface area (Å²) in [5, 5.41) is 3.07. The molecule has 31 heavy (non-hydrogen) atoms. The molecule has 0 aromatic heterocycles. The smallest absolute Gasteiger partial charge is 0.227 e. The number of piperazine rings is 1. The first kappa shape index (κ1) is 21.5. The Bertz CT molecular complexity index is 874. The van der Waals surface area contributed by atoms with E-state index in [0.717, 1.165) is 38.3 Å². The van der Waals surface area contributed by atoms with Gasteiger partial charge in [-0.25, -0.2) is 0 Å². The Morgan fingerprint density at radius 3 is 2.45 bits per heavy atom. The molecule has 2 saturated heterocycles. The van der Waals surface area contributed by atoms with Crippen molar-refractivity contribution in [3.63, 3.8) is 0 Å². The largest absolute Gasteiger partial charge is 0.356 e. The van der Waals surface area contributed by atoms with E-state index in [1.807, 2.05) is 30.3 Å². The average molecular weight is 421 g/mol. The van der Waals surface area contributed by atoms with E-state index in [0.29, 0.717) is 19.1 Å². The molecule has 2 aliphatic heterocycles. The van der Waals surface area contributed by atoms with Crippen LogP contribution in [-0.4, -0.2) is 67.9 Å². The van der Waals surface area contributed by atoms with Crippen molar-refractivity contribution in [2.24, 2.45) is 5.92 Å². The number of carbonyl (C=O) groups excluding carboxylic acids is 2. The number of hydrogen-bond acceptors (Lipinski definition) is 4. The highest BCUT2D eigenvalue weighted by molar-refractivity contribution is 6.00. The van der Waals surface area contributed by atoms with E-state index in [1.54, 1.807) is 4.90 Å². The highest BCUT2D eigenvalue weighted by Gasteiger charge is 2.35. The number of benzene rings is 2. The molecule has 1 N–H and O–H groups in total. The van der Waals surface area contributed by atoms with Gasteiger partial charge in [0.05, 0.1) is 5.92 Å². The molecule has 2 heterocycles. The lowest BCUT2D eigenvalue weighted by Crippen LogP contribution is -2.47. The van der Waals surface area contributed by atoms with Gasteiger partial charge in [-0.1, -0.05) is 48.5 Å². The number of likely N-dealkylation sites (N-methyl/N-ethyl adjacent to an activating group) is 1. The average Bonchev–Trinajstić information content (AvgIpc) is 3.20. The molecule has 4 rings (SSSR count). The molecule has 6 heteroatoms. The van der Waals surface area contributed by atoms with Gasteiger partial charge in [0.2, 0.25) is 11.8 Å². The molecule has 0 radical (unpaired) electrons. The van der Waals surface area contributed by atoms with Gasteiger partial charge in [0.15, 0.2) is 0 Å². The van der Waals surface area contributed by atoms with Crippen LogP contribution in [0, 0.1) is 5.92 Å². The maximum Gasteiger partial charge on any atom is 0.227 e. The maximum absolute atomic E-state index is 12.6. The van der Waals surface area contributed by atoms with E-state index in [2.05, 4.69) is 52.5 Å². The molecule has 0 bridgehead atoms. The lowest BCUT2D eigenvalue weighted by Gasteiger charge is -2.40. The summed E-state index contributed by atoms with van der Waals surface area (Å²) in [6, 6.07) is 20.6. The Morgan fingerprint density at radius 2 is 1.71 bits per heavy atom. The third-order valence-corrected chi connectivity index (χ3v) is 6.36. The quantitative estimate of drug-likeness (QED) is 0.700. The van der Waals surface area contributed by atoms with Crippen molar-refractivity contribution in [3.05, 3.63) is 66.2 Å². The van der Waals surface area contributed by atoms with Crippen molar-refractivity contribution < 1.29 is 9.59 Å². The summed E-state index contributed by atoms with van der Waals surface area (Å²) in [5.74, 6) is -0.257. The van der Waals surface area contributed by atoms with Gasteiger partial charge in [-0.05, 0) is 31.2 Å². The van der Waals surface area contributed by atoms with Crippen molar-refractivity contribution in [2.45, 2.75) is 18.9 Å². The van der Waals surface area contributed by atoms with Crippen LogP contribution in [-0.2, 0) is 9.59 Å². The van der Waals surface area contributed by atoms with Crippen molar-refractivity contribution in [1.29, 1.82) is 0 Å². The lowest BCUT2D eigenvalue weighted by atomic mass is 10.0. The number of para-hydroxylation sites is 1. The van der Waals surface area contributed by atoms with Gasteiger partial charge in [-0.15, -0.1) is 0 Å². The molecule has 2 aromatic rings. The van der Waals surface area contributed by atoms with E-state index in [1.165, 1.54) is 5.56 Å². The van der Waals surface area contributed by atoms with E-state index in [4.69, 9.17) is 0 Å². The Kier molecular flexibility index (Phi) is 6.99. The van der Waals surface area contributed by atoms with Gasteiger partial charge in [0.25, 0.3) is 0 Å². The lowest BCUT2D eigenvalue weighted by molar-refractivity contribution is -0.126. The summed E-state index contributed by atoms with van der Waals surface area (Å²) in [5.41, 5.74) is 2.22. The van der Waals surface area contributed by atoms with Crippen molar-refractivity contribution in [2.75, 3.05) is 51.2 Å². The van der Waals surface area contributed by atoms with Crippen LogP contribution in [0.15, 0.2) is 60.7 Å². The highest BCUT2D eigenvalue weighted by atomic mass is 16.2. The Hall–Kier alpha value is -2.70. The Balaban J connectivity index is 1.25. The normalized spacial score (nSPS) is 22.6. The first-order valence-electron chi connectivity index (χ1n) is 11.2. The molecule has 2 aliphatic rings. The molecule has 0 saturated carbocycles. The fraction of sp³-hybridized carbons (Fsp3) is 0.440. The highest BCUT2D eigenvalue weighted by Crippen LogP contribution is 2.26. The van der Waals surface area contributed by atoms with Crippen LogP contribution >= 0.6 is 0 Å². The summed E-state index contributed by atoms with van der Waals surface area (Å²) in [6.07, 6.45) is 1.19. The molecular weight excluding hydrogens is 388 g/mol. The summed E-state index contributed by atoms with van der Waals surface area (Å²) >= 11 is 0. The summed E-state index contributed by atoms with van der Waals surface area (Å²) in [7, 11) is 2.18. The van der Waals surface area contributed by atoms with Gasteiger partial charge in [-0.3, -0.25) is 14.5 Å². The first-order chi connectivity index (χ1) is 15.1. The van der Waals surface area contributed by atoms with Crippen LogP contribution in [0.1, 0.15) is 24.4 Å². The van der Waals surface area contributed by atoms with Gasteiger partial charge in [0, 0.05) is 57.4 Å². The molecule has 2 fully saturated rings. The predicted octanol–water partition coefficient (Wildman–Crippen LogP) is 2.53. The third-order valence-electron chi connectivity index (χ3n) is 6.36. The zero-order valence-corrected chi connectivity index (χ0v) is 18.2. The molecule has 2 aromatic carbocycles. The van der Waals surface area contributed by atoms with E-state index in [-0.39, 0.29) is 24.2 Å². The van der Waals surface area contributed by atoms with Crippen LogP contribution in [0.4, 0.5) is 5.69 Å². The van der Waals surface area contributed by atoms with E-state index >= 15 is 0 Å². The van der Waals surface area contributed by atoms with Crippen molar-refractivity contribution >= 4 is 17.5 Å². The van der Waals surface area contributed by atoms with Crippen LogP contribution < -0.4 is 10.2 Å². The molecule has 6 nitrogen and oxygen atoms in total. The first-order valence-corrected chi connectivity index (χ1v) is 11.2. The topological polar surface area (TPSA) is 55.9 Å². The number of rotatable bonds is 7. The summed E-state index contributed by atoms with van der Waals surface area (Å²) in [6.45, 7) is 5.18. The summed E-state index contributed by atoms with van der Waals surface area (Å²) < 4.78 is 0. The second kappa shape index (κ2) is 10.1. The molecule has 0 aliphatic carbocycles. The third kappa shape index (κ3) is 5.32. The van der Waals surface area contributed by atoms with Crippen LogP contribution in [0.3, 0.4) is 0 Å². The van der Waals surface area contributed by atoms with Crippen LogP contribution in [0.5, 0.6) is 0 Å². The second-order valence-corrected chi connectivity index (χ2v) is 8.61. The number of hydrogen-bond donors (Lipinski definition) is 1. The predicted molar refractivity (Wildman–Crippen MR) is 123 cm³/mol. The number of nitrogens with one attached hydrogen (secondary N) is 1. The standard InChI is InChI=1S/C25H32N4O2/c1-27-15-16-28(23(19-27)20-9-4-2-5-10-20)14-8-13-26-25(31)21-17-24(30)29(18-21)22-11-6-3-7-12-22/h2-7,9-12,21,23H,8,13-19H2,1H3,(H,26,31)/t21-,23-/m1/s1. The molecule has 0 spiro atoms. The minimum Gasteiger partial charge on any atom is -0.356 e. The van der Waals surface area contributed by atoms with Gasteiger partial charge < -0.3 is 15.1 Å². The van der Waals surface area contributed by atoms with Crippen molar-refractivity contribution in [1.82, 2.24) is 15.1 Å². The maximum atomic E-state index is 12.6. The van der Waals surface area contributed by atoms with Crippen LogP contribution in [0.2, 0.25) is 0 Å². The van der Waals surface area contributed by atoms with Gasteiger partial charge in [0.1, 0.15) is 0 Å². The fourth-order valence-corrected chi connectivity index (χ4v) is 4.59. The zero-order valence-electron chi connectivity index (χ0n) is 18.2. The SMILES string of the molecule is CN1CCN(CCCNC(=O)[C@@H]2CC(=O)N(c3ccccc3)C2)[C@@H](c2ccccc2)C1. The number of anilines is 1. The van der Waals surface area contributed by atoms with E-state index in [9.17, 15) is 9.59 Å². The molecular formula is C25H32N4O2. The minimum absolute atomic E-state index is 0.00947. The molecule has 0 unspecified atom stereocenters. The van der Waals surface area contributed by atoms with Crippen LogP contribution in [0.25, 0.3) is 0 Å². The Labute approximate surface area is 184 Å². The fourth-order valence-electron chi connectivity index (χ4n) is 4.59. The number of nitrogens with zero attached hydrogens (tertiary/aromatic N) is 3. The summed E-state index contributed by atoms with van der Waals surface area (Å²) in [4.78, 5) is 31.6.